The van der Waals surface area contributed by atoms with Crippen LogP contribution in [0.3, 0.4) is 0 Å². The predicted molar refractivity (Wildman–Crippen MR) is 67.4 cm³/mol. The molecule has 1 aliphatic rings. The molecule has 94 valence electrons. The van der Waals surface area contributed by atoms with E-state index < -0.39 is 0 Å². The third-order valence-corrected chi connectivity index (χ3v) is 3.25. The van der Waals surface area contributed by atoms with Gasteiger partial charge in [0.15, 0.2) is 0 Å². The van der Waals surface area contributed by atoms with Crippen LogP contribution >= 0.6 is 15.9 Å². The molecule has 1 aromatic heterocycles. The maximum absolute atomic E-state index is 12.0. The summed E-state index contributed by atoms with van der Waals surface area (Å²) in [5.74, 6) is 0.292. The number of halogens is 1. The SMILES string of the molecule is Cc1cc(C(=O)N2CCN(CCBr)CC2)on1. The molecule has 6 heteroatoms. The molecule has 2 rings (SSSR count). The van der Waals surface area contributed by atoms with Crippen molar-refractivity contribution in [1.29, 1.82) is 0 Å². The Labute approximate surface area is 109 Å². The standard InChI is InChI=1S/C11H16BrN3O2/c1-9-8-10(17-13-9)11(16)15-6-4-14(3-2-12)5-7-15/h8H,2-7H2,1H3. The molecule has 0 aliphatic carbocycles. The van der Waals surface area contributed by atoms with Crippen LogP contribution in [0.4, 0.5) is 0 Å². The molecule has 1 amide bonds. The van der Waals surface area contributed by atoms with Gasteiger partial charge in [0.05, 0.1) is 5.69 Å². The van der Waals surface area contributed by atoms with Crippen LogP contribution in [0, 0.1) is 6.92 Å². The smallest absolute Gasteiger partial charge is 0.292 e. The topological polar surface area (TPSA) is 49.6 Å². The third kappa shape index (κ3) is 3.07. The fraction of sp³-hybridized carbons (Fsp3) is 0.636. The van der Waals surface area contributed by atoms with Crippen molar-refractivity contribution >= 4 is 21.8 Å². The van der Waals surface area contributed by atoms with Crippen molar-refractivity contribution in [3.8, 4) is 0 Å². The highest BCUT2D eigenvalue weighted by Crippen LogP contribution is 2.10. The minimum absolute atomic E-state index is 0.0518. The predicted octanol–water partition coefficient (Wildman–Crippen LogP) is 1.14. The third-order valence-electron chi connectivity index (χ3n) is 2.90. The van der Waals surface area contributed by atoms with Crippen LogP contribution in [0.2, 0.25) is 0 Å². The summed E-state index contributed by atoms with van der Waals surface area (Å²) >= 11 is 3.42. The van der Waals surface area contributed by atoms with E-state index in [2.05, 4.69) is 26.0 Å². The fourth-order valence-electron chi connectivity index (χ4n) is 1.91. The van der Waals surface area contributed by atoms with Gasteiger partial charge in [0.25, 0.3) is 5.91 Å². The molecule has 0 aromatic carbocycles. The van der Waals surface area contributed by atoms with Gasteiger partial charge in [-0.3, -0.25) is 9.69 Å². The number of piperazine rings is 1. The van der Waals surface area contributed by atoms with Crippen molar-refractivity contribution in [2.75, 3.05) is 38.1 Å². The summed E-state index contributed by atoms with van der Waals surface area (Å²) in [5.41, 5.74) is 0.742. The number of rotatable bonds is 3. The summed E-state index contributed by atoms with van der Waals surface area (Å²) in [7, 11) is 0. The normalized spacial score (nSPS) is 17.4. The number of aryl methyl sites for hydroxylation is 1. The van der Waals surface area contributed by atoms with Crippen LogP contribution in [0.5, 0.6) is 0 Å². The van der Waals surface area contributed by atoms with E-state index in [9.17, 15) is 4.79 Å². The van der Waals surface area contributed by atoms with Crippen molar-refractivity contribution in [1.82, 2.24) is 15.0 Å². The number of amides is 1. The molecule has 0 unspecified atom stereocenters. The monoisotopic (exact) mass is 301 g/mol. The van der Waals surface area contributed by atoms with Crippen LogP contribution in [-0.2, 0) is 0 Å². The second kappa shape index (κ2) is 5.64. The van der Waals surface area contributed by atoms with Crippen LogP contribution in [0.15, 0.2) is 10.6 Å². The van der Waals surface area contributed by atoms with E-state index in [1.165, 1.54) is 0 Å². The first-order chi connectivity index (χ1) is 8.20. The maximum Gasteiger partial charge on any atom is 0.292 e. The first-order valence-electron chi connectivity index (χ1n) is 5.71. The van der Waals surface area contributed by atoms with Gasteiger partial charge in [-0.15, -0.1) is 0 Å². The summed E-state index contributed by atoms with van der Waals surface area (Å²) in [6.07, 6.45) is 0. The molecule has 5 nitrogen and oxygen atoms in total. The molecule has 0 bridgehead atoms. The molecule has 0 N–H and O–H groups in total. The molecule has 0 atom stereocenters. The first kappa shape index (κ1) is 12.6. The summed E-state index contributed by atoms with van der Waals surface area (Å²) in [6.45, 7) is 6.20. The zero-order valence-corrected chi connectivity index (χ0v) is 11.4. The first-order valence-corrected chi connectivity index (χ1v) is 6.84. The summed E-state index contributed by atoms with van der Waals surface area (Å²) < 4.78 is 4.99. The van der Waals surface area contributed by atoms with Crippen LogP contribution in [0.1, 0.15) is 16.2 Å². The molecule has 0 spiro atoms. The summed E-state index contributed by atoms with van der Waals surface area (Å²) in [4.78, 5) is 16.2. The average Bonchev–Trinajstić information content (AvgIpc) is 2.76. The molecular formula is C11H16BrN3O2. The van der Waals surface area contributed by atoms with Gasteiger partial charge in [0.1, 0.15) is 0 Å². The van der Waals surface area contributed by atoms with Gasteiger partial charge in [-0.2, -0.15) is 0 Å². The Hall–Kier alpha value is -0.880. The molecule has 1 aliphatic heterocycles. The lowest BCUT2D eigenvalue weighted by Crippen LogP contribution is -2.49. The van der Waals surface area contributed by atoms with E-state index in [0.29, 0.717) is 5.76 Å². The zero-order valence-electron chi connectivity index (χ0n) is 9.86. The molecular weight excluding hydrogens is 286 g/mol. The molecule has 1 fully saturated rings. The van der Waals surface area contributed by atoms with E-state index in [4.69, 9.17) is 4.52 Å². The second-order valence-corrected chi connectivity index (χ2v) is 4.95. The van der Waals surface area contributed by atoms with Gasteiger partial charge in [0, 0.05) is 44.1 Å². The van der Waals surface area contributed by atoms with Crippen molar-refractivity contribution < 1.29 is 9.32 Å². The Bertz CT molecular complexity index is 386. The Morgan fingerprint density at radius 1 is 1.47 bits per heavy atom. The molecule has 1 aromatic rings. The lowest BCUT2D eigenvalue weighted by atomic mass is 10.3. The van der Waals surface area contributed by atoms with Crippen molar-refractivity contribution in [3.05, 3.63) is 17.5 Å². The lowest BCUT2D eigenvalue weighted by molar-refractivity contribution is 0.0604. The highest BCUT2D eigenvalue weighted by molar-refractivity contribution is 9.09. The maximum atomic E-state index is 12.0. The van der Waals surface area contributed by atoms with Crippen LogP contribution in [-0.4, -0.2) is 58.9 Å². The molecule has 0 radical (unpaired) electrons. The Morgan fingerprint density at radius 2 is 2.18 bits per heavy atom. The van der Waals surface area contributed by atoms with E-state index in [-0.39, 0.29) is 5.91 Å². The number of hydrogen-bond donors (Lipinski definition) is 0. The zero-order chi connectivity index (χ0) is 12.3. The average molecular weight is 302 g/mol. The number of hydrogen-bond acceptors (Lipinski definition) is 4. The lowest BCUT2D eigenvalue weighted by Gasteiger charge is -2.33. The van der Waals surface area contributed by atoms with Gasteiger partial charge < -0.3 is 9.42 Å². The Morgan fingerprint density at radius 3 is 2.71 bits per heavy atom. The number of aromatic nitrogens is 1. The molecule has 2 heterocycles. The van der Waals surface area contributed by atoms with E-state index >= 15 is 0 Å². The van der Waals surface area contributed by atoms with Crippen molar-refractivity contribution in [2.24, 2.45) is 0 Å². The fourth-order valence-corrected chi connectivity index (χ4v) is 2.42. The van der Waals surface area contributed by atoms with Gasteiger partial charge in [-0.25, -0.2) is 0 Å². The molecule has 1 saturated heterocycles. The number of carbonyl (C=O) groups excluding carboxylic acids is 1. The number of nitrogens with zero attached hydrogens (tertiary/aromatic N) is 3. The van der Waals surface area contributed by atoms with Crippen LogP contribution in [0.25, 0.3) is 0 Å². The molecule has 0 saturated carbocycles. The van der Waals surface area contributed by atoms with E-state index in [0.717, 1.165) is 43.7 Å². The van der Waals surface area contributed by atoms with Gasteiger partial charge in [-0.05, 0) is 6.92 Å². The minimum atomic E-state index is -0.0518. The minimum Gasteiger partial charge on any atom is -0.351 e. The number of carbonyl (C=O) groups is 1. The highest BCUT2D eigenvalue weighted by Gasteiger charge is 2.24. The molecule has 17 heavy (non-hydrogen) atoms. The quantitative estimate of drug-likeness (QED) is 0.786. The van der Waals surface area contributed by atoms with Crippen LogP contribution < -0.4 is 0 Å². The summed E-state index contributed by atoms with van der Waals surface area (Å²) in [5, 5.41) is 4.71. The Balaban J connectivity index is 1.90. The van der Waals surface area contributed by atoms with Gasteiger partial charge in [0.2, 0.25) is 5.76 Å². The summed E-state index contributed by atoms with van der Waals surface area (Å²) in [6, 6.07) is 1.69. The number of alkyl halides is 1. The Kier molecular flexibility index (Phi) is 4.17. The second-order valence-electron chi connectivity index (χ2n) is 4.16. The highest BCUT2D eigenvalue weighted by atomic mass is 79.9. The van der Waals surface area contributed by atoms with Gasteiger partial charge >= 0.3 is 0 Å². The van der Waals surface area contributed by atoms with Gasteiger partial charge in [-0.1, -0.05) is 21.1 Å². The largest absolute Gasteiger partial charge is 0.351 e. The van der Waals surface area contributed by atoms with E-state index in [1.54, 1.807) is 6.07 Å². The van der Waals surface area contributed by atoms with Crippen molar-refractivity contribution in [2.45, 2.75) is 6.92 Å². The van der Waals surface area contributed by atoms with Crippen molar-refractivity contribution in [3.63, 3.8) is 0 Å². The van der Waals surface area contributed by atoms with E-state index in [1.807, 2.05) is 11.8 Å².